The Morgan fingerprint density at radius 3 is 2.24 bits per heavy atom. The van der Waals surface area contributed by atoms with Gasteiger partial charge in [0.25, 0.3) is 5.91 Å². The maximum atomic E-state index is 13.7. The summed E-state index contributed by atoms with van der Waals surface area (Å²) in [6.45, 7) is 3.72. The van der Waals surface area contributed by atoms with Gasteiger partial charge in [0.1, 0.15) is 23.2 Å². The maximum absolute atomic E-state index is 13.7. The Balaban J connectivity index is 2.07. The molecule has 25 heavy (non-hydrogen) atoms. The van der Waals surface area contributed by atoms with Crippen molar-refractivity contribution in [2.45, 2.75) is 26.4 Å². The summed E-state index contributed by atoms with van der Waals surface area (Å²) in [6.07, 6.45) is 3.20. The number of nitrogens with zero attached hydrogens (tertiary/aromatic N) is 1. The number of nitrogens with one attached hydrogen (secondary N) is 2. The molecule has 2 amide bonds. The molecule has 2 rings (SSSR count). The van der Waals surface area contributed by atoms with E-state index in [0.717, 1.165) is 17.7 Å². The molecule has 0 unspecified atom stereocenters. The van der Waals surface area contributed by atoms with Crippen molar-refractivity contribution in [3.05, 3.63) is 65.5 Å². The smallest absolute Gasteiger partial charge is 0.257 e. The molecular formula is C18H19F2N3O2. The average molecular weight is 347 g/mol. The van der Waals surface area contributed by atoms with E-state index in [1.165, 1.54) is 6.07 Å². The largest absolute Gasteiger partial charge is 0.350 e. The molecule has 2 aromatic rings. The van der Waals surface area contributed by atoms with Crippen LogP contribution in [0.4, 0.5) is 8.78 Å². The summed E-state index contributed by atoms with van der Waals surface area (Å²) in [5, 5.41) is 5.10. The van der Waals surface area contributed by atoms with Crippen LogP contribution in [0.2, 0.25) is 0 Å². The lowest BCUT2D eigenvalue weighted by molar-refractivity contribution is -0.124. The van der Waals surface area contributed by atoms with Crippen LogP contribution in [-0.4, -0.2) is 22.8 Å². The Bertz CT molecular complexity index is 731. The number of pyridine rings is 1. The van der Waals surface area contributed by atoms with Crippen molar-refractivity contribution in [3.63, 3.8) is 0 Å². The topological polar surface area (TPSA) is 71.1 Å². The molecule has 0 spiro atoms. The molecule has 0 fully saturated rings. The van der Waals surface area contributed by atoms with Gasteiger partial charge in [0, 0.05) is 18.9 Å². The van der Waals surface area contributed by atoms with Gasteiger partial charge in [-0.2, -0.15) is 0 Å². The highest BCUT2D eigenvalue weighted by molar-refractivity contribution is 5.98. The first-order valence-electron chi connectivity index (χ1n) is 7.81. The number of rotatable bonds is 6. The van der Waals surface area contributed by atoms with E-state index in [1.807, 2.05) is 0 Å². The molecule has 1 atom stereocenters. The van der Waals surface area contributed by atoms with Crippen molar-refractivity contribution in [3.8, 4) is 0 Å². The predicted octanol–water partition coefficient (Wildman–Crippen LogP) is 2.43. The van der Waals surface area contributed by atoms with E-state index >= 15 is 0 Å². The van der Waals surface area contributed by atoms with E-state index in [0.29, 0.717) is 0 Å². The van der Waals surface area contributed by atoms with Crippen LogP contribution in [0.5, 0.6) is 0 Å². The number of hydrogen-bond acceptors (Lipinski definition) is 3. The molecule has 5 nitrogen and oxygen atoms in total. The molecule has 7 heteroatoms. The summed E-state index contributed by atoms with van der Waals surface area (Å²) in [5.41, 5.74) is 0.146. The minimum atomic E-state index is -0.975. The molecule has 0 aliphatic rings. The summed E-state index contributed by atoms with van der Waals surface area (Å²) in [6, 6.07) is 5.73. The molecule has 0 radical (unpaired) electrons. The summed E-state index contributed by atoms with van der Waals surface area (Å²) in [7, 11) is 0. The van der Waals surface area contributed by atoms with Crippen molar-refractivity contribution in [2.75, 3.05) is 0 Å². The highest BCUT2D eigenvalue weighted by atomic mass is 19.1. The number of carbonyl (C=O) groups is 2. The molecule has 0 aliphatic carbocycles. The zero-order valence-corrected chi connectivity index (χ0v) is 13.9. The SMILES string of the molecule is CC(C)[C@@H](NC(=O)c1c(F)cccc1F)C(=O)NCc1ccncc1. The Labute approximate surface area is 144 Å². The van der Waals surface area contributed by atoms with Gasteiger partial charge in [0.15, 0.2) is 0 Å². The van der Waals surface area contributed by atoms with Gasteiger partial charge in [0.05, 0.1) is 0 Å². The van der Waals surface area contributed by atoms with Crippen molar-refractivity contribution in [2.24, 2.45) is 5.92 Å². The van der Waals surface area contributed by atoms with E-state index in [-0.39, 0.29) is 12.5 Å². The van der Waals surface area contributed by atoms with E-state index < -0.39 is 35.1 Å². The third-order valence-electron chi connectivity index (χ3n) is 3.64. The zero-order chi connectivity index (χ0) is 18.4. The van der Waals surface area contributed by atoms with E-state index in [4.69, 9.17) is 0 Å². The van der Waals surface area contributed by atoms with Crippen LogP contribution in [-0.2, 0) is 11.3 Å². The van der Waals surface area contributed by atoms with Gasteiger partial charge in [-0.25, -0.2) is 8.78 Å². The number of amides is 2. The normalized spacial score (nSPS) is 11.9. The van der Waals surface area contributed by atoms with Gasteiger partial charge < -0.3 is 10.6 Å². The highest BCUT2D eigenvalue weighted by Gasteiger charge is 2.27. The summed E-state index contributed by atoms with van der Waals surface area (Å²) < 4.78 is 27.4. The van der Waals surface area contributed by atoms with Gasteiger partial charge in [-0.3, -0.25) is 14.6 Å². The van der Waals surface area contributed by atoms with Crippen molar-refractivity contribution in [1.82, 2.24) is 15.6 Å². The first-order chi connectivity index (χ1) is 11.9. The number of benzene rings is 1. The lowest BCUT2D eigenvalue weighted by Crippen LogP contribution is -2.49. The number of halogens is 2. The number of aromatic nitrogens is 1. The van der Waals surface area contributed by atoms with Crippen LogP contribution < -0.4 is 10.6 Å². The van der Waals surface area contributed by atoms with Crippen LogP contribution in [0.15, 0.2) is 42.7 Å². The molecule has 1 aromatic carbocycles. The molecule has 132 valence electrons. The monoisotopic (exact) mass is 347 g/mol. The fraction of sp³-hybridized carbons (Fsp3) is 0.278. The summed E-state index contributed by atoms with van der Waals surface area (Å²) in [4.78, 5) is 28.5. The lowest BCUT2D eigenvalue weighted by Gasteiger charge is -2.22. The van der Waals surface area contributed by atoms with Gasteiger partial charge in [-0.15, -0.1) is 0 Å². The van der Waals surface area contributed by atoms with Crippen molar-refractivity contribution >= 4 is 11.8 Å². The second-order valence-corrected chi connectivity index (χ2v) is 5.87. The van der Waals surface area contributed by atoms with Crippen molar-refractivity contribution < 1.29 is 18.4 Å². The predicted molar refractivity (Wildman–Crippen MR) is 88.5 cm³/mol. The van der Waals surface area contributed by atoms with Gasteiger partial charge in [-0.1, -0.05) is 19.9 Å². The van der Waals surface area contributed by atoms with Crippen LogP contribution >= 0.6 is 0 Å². The fourth-order valence-corrected chi connectivity index (χ4v) is 2.26. The average Bonchev–Trinajstić information content (AvgIpc) is 2.58. The van der Waals surface area contributed by atoms with Crippen molar-refractivity contribution in [1.29, 1.82) is 0 Å². The molecule has 0 saturated carbocycles. The van der Waals surface area contributed by atoms with Crippen LogP contribution in [0, 0.1) is 17.6 Å². The minimum Gasteiger partial charge on any atom is -0.350 e. The second kappa shape index (κ2) is 8.32. The van der Waals surface area contributed by atoms with Crippen LogP contribution in [0.25, 0.3) is 0 Å². The maximum Gasteiger partial charge on any atom is 0.257 e. The standard InChI is InChI=1S/C18H19F2N3O2/c1-11(2)16(18(25)22-10-12-6-8-21-9-7-12)23-17(24)15-13(19)4-3-5-14(15)20/h3-9,11,16H,10H2,1-2H3,(H,22,25)(H,23,24)/t16-/m1/s1. The van der Waals surface area contributed by atoms with Gasteiger partial charge >= 0.3 is 0 Å². The van der Waals surface area contributed by atoms with E-state index in [9.17, 15) is 18.4 Å². The number of hydrogen-bond donors (Lipinski definition) is 2. The van der Waals surface area contributed by atoms with Gasteiger partial charge in [0.2, 0.25) is 5.91 Å². The molecule has 0 saturated heterocycles. The third-order valence-corrected chi connectivity index (χ3v) is 3.64. The fourth-order valence-electron chi connectivity index (χ4n) is 2.26. The summed E-state index contributed by atoms with van der Waals surface area (Å²) in [5.74, 6) is -3.61. The molecule has 0 aliphatic heterocycles. The minimum absolute atomic E-state index is 0.258. The first-order valence-corrected chi connectivity index (χ1v) is 7.81. The van der Waals surface area contributed by atoms with Gasteiger partial charge in [-0.05, 0) is 35.7 Å². The van der Waals surface area contributed by atoms with Crippen LogP contribution in [0.1, 0.15) is 29.8 Å². The Hall–Kier alpha value is -2.83. The zero-order valence-electron chi connectivity index (χ0n) is 13.9. The third kappa shape index (κ3) is 4.82. The Morgan fingerprint density at radius 2 is 1.68 bits per heavy atom. The van der Waals surface area contributed by atoms with Crippen LogP contribution in [0.3, 0.4) is 0 Å². The molecule has 1 heterocycles. The quantitative estimate of drug-likeness (QED) is 0.843. The number of carbonyl (C=O) groups excluding carboxylic acids is 2. The lowest BCUT2D eigenvalue weighted by atomic mass is 10.0. The van der Waals surface area contributed by atoms with E-state index in [1.54, 1.807) is 38.4 Å². The summed E-state index contributed by atoms with van der Waals surface area (Å²) >= 11 is 0. The Morgan fingerprint density at radius 1 is 1.08 bits per heavy atom. The molecule has 1 aromatic heterocycles. The van der Waals surface area contributed by atoms with E-state index in [2.05, 4.69) is 15.6 Å². The second-order valence-electron chi connectivity index (χ2n) is 5.87. The first kappa shape index (κ1) is 18.5. The molecule has 0 bridgehead atoms. The molecule has 2 N–H and O–H groups in total. The molecular weight excluding hydrogens is 328 g/mol. The Kier molecular flexibility index (Phi) is 6.16. The highest BCUT2D eigenvalue weighted by Crippen LogP contribution is 2.13.